The van der Waals surface area contributed by atoms with Crippen molar-refractivity contribution in [3.05, 3.63) is 102 Å². The lowest BCUT2D eigenvalue weighted by atomic mass is 10.0. The van der Waals surface area contributed by atoms with Gasteiger partial charge in [0.2, 0.25) is 0 Å². The number of hydrogen-bond donors (Lipinski definition) is 1. The van der Waals surface area contributed by atoms with Gasteiger partial charge in [0.15, 0.2) is 6.61 Å². The monoisotopic (exact) mass is 394 g/mol. The minimum absolute atomic E-state index is 0.0847. The number of benzene rings is 4. The van der Waals surface area contributed by atoms with E-state index in [-0.39, 0.29) is 12.5 Å². The minimum atomic E-state index is -0.212. The lowest BCUT2D eigenvalue weighted by Crippen LogP contribution is -2.20. The summed E-state index contributed by atoms with van der Waals surface area (Å²) in [7, 11) is 0. The number of para-hydroxylation sites is 1. The Hall–Kier alpha value is -3.92. The lowest BCUT2D eigenvalue weighted by molar-refractivity contribution is -0.118. The largest absolute Gasteiger partial charge is 0.483 e. The molecule has 148 valence electrons. The predicted octanol–water partition coefficient (Wildman–Crippen LogP) is 5.92. The van der Waals surface area contributed by atoms with E-state index in [1.165, 1.54) is 5.56 Å². The highest BCUT2D eigenvalue weighted by atomic mass is 16.5. The predicted molar refractivity (Wildman–Crippen MR) is 123 cm³/mol. The van der Waals surface area contributed by atoms with Gasteiger partial charge in [-0.3, -0.25) is 9.79 Å². The van der Waals surface area contributed by atoms with Crippen molar-refractivity contribution in [3.63, 3.8) is 0 Å². The maximum atomic E-state index is 12.3. The zero-order valence-electron chi connectivity index (χ0n) is 16.7. The number of anilines is 1. The molecule has 0 aliphatic rings. The van der Waals surface area contributed by atoms with Crippen molar-refractivity contribution < 1.29 is 9.53 Å². The summed E-state index contributed by atoms with van der Waals surface area (Å²) in [6.07, 6.45) is 1.80. The summed E-state index contributed by atoms with van der Waals surface area (Å²) >= 11 is 0. The van der Waals surface area contributed by atoms with Crippen LogP contribution in [0.1, 0.15) is 11.1 Å². The molecule has 4 rings (SSSR count). The minimum Gasteiger partial charge on any atom is -0.483 e. The van der Waals surface area contributed by atoms with Crippen LogP contribution in [0.2, 0.25) is 0 Å². The van der Waals surface area contributed by atoms with Gasteiger partial charge in [-0.2, -0.15) is 0 Å². The van der Waals surface area contributed by atoms with Crippen LogP contribution in [0, 0.1) is 6.92 Å². The van der Waals surface area contributed by atoms with Crippen molar-refractivity contribution in [3.8, 4) is 5.75 Å². The second kappa shape index (κ2) is 9.05. The molecule has 0 bridgehead atoms. The summed E-state index contributed by atoms with van der Waals surface area (Å²) in [6.45, 7) is 1.96. The van der Waals surface area contributed by atoms with E-state index in [1.54, 1.807) is 6.21 Å². The maximum absolute atomic E-state index is 12.3. The Bertz CT molecular complexity index is 1180. The second-order valence-corrected chi connectivity index (χ2v) is 7.00. The molecular weight excluding hydrogens is 372 g/mol. The molecule has 30 heavy (non-hydrogen) atoms. The molecule has 4 heteroatoms. The maximum Gasteiger partial charge on any atom is 0.262 e. The molecule has 4 nitrogen and oxygen atoms in total. The van der Waals surface area contributed by atoms with Crippen molar-refractivity contribution in [2.45, 2.75) is 6.92 Å². The standard InChI is InChI=1S/C26H22N2O2/c1-19-11-14-21(15-12-19)27-17-24-23-10-6-5-7-20(23)13-16-25(24)30-18-26(29)28-22-8-3-2-4-9-22/h2-17H,18H2,1H3,(H,28,29). The SMILES string of the molecule is Cc1ccc(N=Cc2c(OCC(=O)Nc3ccccc3)ccc3ccccc23)cc1. The highest BCUT2D eigenvalue weighted by molar-refractivity contribution is 6.03. The second-order valence-electron chi connectivity index (χ2n) is 7.00. The van der Waals surface area contributed by atoms with Crippen LogP contribution in [0.3, 0.4) is 0 Å². The van der Waals surface area contributed by atoms with Crippen LogP contribution in [0.25, 0.3) is 10.8 Å². The summed E-state index contributed by atoms with van der Waals surface area (Å²) in [6, 6.07) is 29.3. The number of ether oxygens (including phenoxy) is 1. The molecular formula is C26H22N2O2. The zero-order chi connectivity index (χ0) is 20.8. The van der Waals surface area contributed by atoms with Gasteiger partial charge in [-0.05, 0) is 48.0 Å². The van der Waals surface area contributed by atoms with Crippen LogP contribution < -0.4 is 10.1 Å². The van der Waals surface area contributed by atoms with E-state index in [0.29, 0.717) is 5.75 Å². The van der Waals surface area contributed by atoms with E-state index < -0.39 is 0 Å². The van der Waals surface area contributed by atoms with Crippen molar-refractivity contribution in [2.24, 2.45) is 4.99 Å². The van der Waals surface area contributed by atoms with E-state index in [4.69, 9.17) is 4.74 Å². The quantitative estimate of drug-likeness (QED) is 0.413. The van der Waals surface area contributed by atoms with Crippen LogP contribution in [0.15, 0.2) is 96.0 Å². The fourth-order valence-electron chi connectivity index (χ4n) is 3.17. The van der Waals surface area contributed by atoms with Crippen LogP contribution in [-0.4, -0.2) is 18.7 Å². The van der Waals surface area contributed by atoms with E-state index in [1.807, 2.05) is 97.9 Å². The third kappa shape index (κ3) is 4.73. The lowest BCUT2D eigenvalue weighted by Gasteiger charge is -2.12. The van der Waals surface area contributed by atoms with Gasteiger partial charge in [0, 0.05) is 17.5 Å². The van der Waals surface area contributed by atoms with Gasteiger partial charge in [0.05, 0.1) is 5.69 Å². The highest BCUT2D eigenvalue weighted by Gasteiger charge is 2.10. The first-order valence-electron chi connectivity index (χ1n) is 9.79. The van der Waals surface area contributed by atoms with Crippen molar-refractivity contribution in [2.75, 3.05) is 11.9 Å². The number of carbonyl (C=O) groups is 1. The molecule has 1 N–H and O–H groups in total. The zero-order valence-corrected chi connectivity index (χ0v) is 16.7. The van der Waals surface area contributed by atoms with Crippen LogP contribution in [0.4, 0.5) is 11.4 Å². The van der Waals surface area contributed by atoms with Crippen LogP contribution in [-0.2, 0) is 4.79 Å². The summed E-state index contributed by atoms with van der Waals surface area (Å²) in [5.41, 5.74) is 3.64. The molecule has 0 heterocycles. The first kappa shape index (κ1) is 19.4. The molecule has 0 saturated carbocycles. The van der Waals surface area contributed by atoms with Crippen LogP contribution >= 0.6 is 0 Å². The number of fused-ring (bicyclic) bond motifs is 1. The van der Waals surface area contributed by atoms with Gasteiger partial charge in [0.25, 0.3) is 5.91 Å². The Balaban J connectivity index is 1.58. The fourth-order valence-corrected chi connectivity index (χ4v) is 3.17. The topological polar surface area (TPSA) is 50.7 Å². The average Bonchev–Trinajstić information content (AvgIpc) is 2.78. The third-order valence-corrected chi connectivity index (χ3v) is 4.72. The van der Waals surface area contributed by atoms with Crippen molar-refractivity contribution in [1.82, 2.24) is 0 Å². The van der Waals surface area contributed by atoms with Crippen molar-refractivity contribution >= 4 is 34.3 Å². The number of rotatable bonds is 6. The molecule has 0 radical (unpaired) electrons. The van der Waals surface area contributed by atoms with Gasteiger partial charge in [0.1, 0.15) is 5.75 Å². The Morgan fingerprint density at radius 3 is 2.43 bits per heavy atom. The van der Waals surface area contributed by atoms with Gasteiger partial charge < -0.3 is 10.1 Å². The van der Waals surface area contributed by atoms with Gasteiger partial charge in [-0.1, -0.05) is 66.2 Å². The van der Waals surface area contributed by atoms with Gasteiger partial charge in [-0.15, -0.1) is 0 Å². The fraction of sp³-hybridized carbons (Fsp3) is 0.0769. The smallest absolute Gasteiger partial charge is 0.262 e. The van der Waals surface area contributed by atoms with E-state index in [2.05, 4.69) is 10.3 Å². The first-order chi connectivity index (χ1) is 14.7. The molecule has 0 aliphatic heterocycles. The number of aliphatic imine (C=N–C) groups is 1. The van der Waals surface area contributed by atoms with Crippen molar-refractivity contribution in [1.29, 1.82) is 0 Å². The number of amides is 1. The van der Waals surface area contributed by atoms with E-state index in [9.17, 15) is 4.79 Å². The Morgan fingerprint density at radius 2 is 1.63 bits per heavy atom. The molecule has 0 aliphatic carbocycles. The average molecular weight is 394 g/mol. The van der Waals surface area contributed by atoms with Gasteiger partial charge in [-0.25, -0.2) is 0 Å². The molecule has 0 unspecified atom stereocenters. The highest BCUT2D eigenvalue weighted by Crippen LogP contribution is 2.27. The number of carbonyl (C=O) groups excluding carboxylic acids is 1. The number of aryl methyl sites for hydroxylation is 1. The Labute approximate surface area is 175 Å². The van der Waals surface area contributed by atoms with E-state index >= 15 is 0 Å². The number of hydrogen-bond acceptors (Lipinski definition) is 3. The summed E-state index contributed by atoms with van der Waals surface area (Å²) < 4.78 is 5.88. The first-order valence-corrected chi connectivity index (χ1v) is 9.79. The Kier molecular flexibility index (Phi) is 5.85. The molecule has 0 atom stereocenters. The Morgan fingerprint density at radius 1 is 0.900 bits per heavy atom. The summed E-state index contributed by atoms with van der Waals surface area (Å²) in [4.78, 5) is 16.9. The van der Waals surface area contributed by atoms with E-state index in [0.717, 1.165) is 27.7 Å². The summed E-state index contributed by atoms with van der Waals surface area (Å²) in [5.74, 6) is 0.406. The van der Waals surface area contributed by atoms with Crippen LogP contribution in [0.5, 0.6) is 5.75 Å². The number of nitrogens with one attached hydrogen (secondary N) is 1. The third-order valence-electron chi connectivity index (χ3n) is 4.72. The molecule has 0 spiro atoms. The normalized spacial score (nSPS) is 11.0. The molecule has 4 aromatic carbocycles. The summed E-state index contributed by atoms with van der Waals surface area (Å²) in [5, 5.41) is 4.94. The molecule has 0 saturated heterocycles. The molecule has 4 aromatic rings. The van der Waals surface area contributed by atoms with Gasteiger partial charge >= 0.3 is 0 Å². The molecule has 0 aromatic heterocycles. The molecule has 0 fully saturated rings. The number of nitrogens with zero attached hydrogens (tertiary/aromatic N) is 1. The molecule has 1 amide bonds.